The molecule has 0 aliphatic rings. The van der Waals surface area contributed by atoms with Gasteiger partial charge < -0.3 is 20.4 Å². The Balaban J connectivity index is 0.00000484. The molecule has 1 aromatic rings. The molecule has 130 valence electrons. The van der Waals surface area contributed by atoms with Crippen molar-refractivity contribution in [2.75, 3.05) is 46.2 Å². The topological polar surface area (TPSA) is 72.9 Å². The van der Waals surface area contributed by atoms with Crippen molar-refractivity contribution in [1.29, 1.82) is 0 Å². The average molecular weight is 434 g/mol. The molecule has 0 atom stereocenters. The van der Waals surface area contributed by atoms with Crippen LogP contribution in [-0.2, 0) is 11.3 Å². The van der Waals surface area contributed by atoms with Gasteiger partial charge in [0.1, 0.15) is 5.82 Å². The maximum atomic E-state index is 11.6. The molecule has 1 aromatic heterocycles. The van der Waals surface area contributed by atoms with Crippen LogP contribution in [0.4, 0.5) is 5.82 Å². The second-order valence-electron chi connectivity index (χ2n) is 5.22. The first-order chi connectivity index (χ1) is 10.4. The van der Waals surface area contributed by atoms with Crippen LogP contribution in [-0.4, -0.2) is 63.0 Å². The Hall–Kier alpha value is -1.58. The Morgan fingerprint density at radius 3 is 2.48 bits per heavy atom. The maximum Gasteiger partial charge on any atom is 0.241 e. The van der Waals surface area contributed by atoms with E-state index < -0.39 is 0 Å². The molecule has 7 nitrogen and oxygen atoms in total. The number of amides is 1. The van der Waals surface area contributed by atoms with Crippen LogP contribution in [0.15, 0.2) is 23.2 Å². The number of nitrogens with one attached hydrogen (secondary N) is 2. The van der Waals surface area contributed by atoms with Crippen molar-refractivity contribution >= 4 is 41.7 Å². The summed E-state index contributed by atoms with van der Waals surface area (Å²) >= 11 is 0. The molecule has 23 heavy (non-hydrogen) atoms. The summed E-state index contributed by atoms with van der Waals surface area (Å²) in [5.41, 5.74) is 0.877. The van der Waals surface area contributed by atoms with Crippen molar-refractivity contribution in [3.63, 3.8) is 0 Å². The fourth-order valence-corrected chi connectivity index (χ4v) is 1.62. The highest BCUT2D eigenvalue weighted by Crippen LogP contribution is 2.08. The molecule has 0 unspecified atom stereocenters. The van der Waals surface area contributed by atoms with E-state index in [9.17, 15) is 4.79 Å². The lowest BCUT2D eigenvalue weighted by Crippen LogP contribution is -2.42. The summed E-state index contributed by atoms with van der Waals surface area (Å²) in [5.74, 6) is 1.50. The van der Waals surface area contributed by atoms with E-state index >= 15 is 0 Å². The SMILES string of the molecule is CCNC(=NCc1cccc(N(C)C)n1)NCC(=O)N(C)C.I. The van der Waals surface area contributed by atoms with Gasteiger partial charge in [0.05, 0.1) is 18.8 Å². The standard InChI is InChI=1S/C15H26N6O.HI/c1-6-16-15(18-11-14(22)21(4)5)17-10-12-8-7-9-13(19-12)20(2)3;/h7-9H,6,10-11H2,1-5H3,(H2,16,17,18);1H. The number of aliphatic imine (C=N–C) groups is 1. The molecule has 2 N–H and O–H groups in total. The largest absolute Gasteiger partial charge is 0.363 e. The smallest absolute Gasteiger partial charge is 0.241 e. The summed E-state index contributed by atoms with van der Waals surface area (Å²) in [6.07, 6.45) is 0. The van der Waals surface area contributed by atoms with E-state index in [0.717, 1.165) is 18.1 Å². The van der Waals surface area contributed by atoms with E-state index in [-0.39, 0.29) is 36.4 Å². The molecule has 0 fully saturated rings. The first-order valence-corrected chi connectivity index (χ1v) is 7.29. The maximum absolute atomic E-state index is 11.6. The van der Waals surface area contributed by atoms with Gasteiger partial charge in [0.2, 0.25) is 5.91 Å². The molecule has 0 aliphatic heterocycles. The van der Waals surface area contributed by atoms with Gasteiger partial charge >= 0.3 is 0 Å². The van der Waals surface area contributed by atoms with Crippen LogP contribution in [0.2, 0.25) is 0 Å². The molecule has 0 saturated carbocycles. The molecular formula is C15H27IN6O. The zero-order valence-corrected chi connectivity index (χ0v) is 16.8. The predicted molar refractivity (Wildman–Crippen MR) is 105 cm³/mol. The average Bonchev–Trinajstić information content (AvgIpc) is 2.49. The van der Waals surface area contributed by atoms with E-state index in [2.05, 4.69) is 20.6 Å². The molecule has 0 bridgehead atoms. The zero-order chi connectivity index (χ0) is 16.5. The van der Waals surface area contributed by atoms with Crippen molar-refractivity contribution in [2.24, 2.45) is 4.99 Å². The molecule has 8 heteroatoms. The van der Waals surface area contributed by atoms with Crippen molar-refractivity contribution in [3.8, 4) is 0 Å². The number of halogens is 1. The van der Waals surface area contributed by atoms with Crippen molar-refractivity contribution < 1.29 is 4.79 Å². The Kier molecular flexibility index (Phi) is 10.3. The van der Waals surface area contributed by atoms with Crippen LogP contribution in [0.5, 0.6) is 0 Å². The third-order valence-corrected chi connectivity index (χ3v) is 2.90. The summed E-state index contributed by atoms with van der Waals surface area (Å²) < 4.78 is 0. The number of nitrogens with zero attached hydrogens (tertiary/aromatic N) is 4. The normalized spacial score (nSPS) is 10.6. The fraction of sp³-hybridized carbons (Fsp3) is 0.533. The van der Waals surface area contributed by atoms with Gasteiger partial charge in [-0.3, -0.25) is 4.79 Å². The quantitative estimate of drug-likeness (QED) is 0.396. The zero-order valence-electron chi connectivity index (χ0n) is 14.5. The summed E-state index contributed by atoms with van der Waals surface area (Å²) in [6.45, 7) is 3.38. The molecule has 1 rings (SSSR count). The molecule has 0 radical (unpaired) electrons. The highest BCUT2D eigenvalue weighted by atomic mass is 127. The van der Waals surface area contributed by atoms with Crippen LogP contribution < -0.4 is 15.5 Å². The Bertz CT molecular complexity index is 518. The molecule has 0 aromatic carbocycles. The summed E-state index contributed by atoms with van der Waals surface area (Å²) in [4.78, 5) is 24.1. The van der Waals surface area contributed by atoms with Crippen LogP contribution in [0, 0.1) is 0 Å². The van der Waals surface area contributed by atoms with Gasteiger partial charge in [0.15, 0.2) is 5.96 Å². The molecule has 1 heterocycles. The lowest BCUT2D eigenvalue weighted by Gasteiger charge is -2.14. The molecule has 1 amide bonds. The molecular weight excluding hydrogens is 407 g/mol. The first kappa shape index (κ1) is 21.4. The Morgan fingerprint density at radius 2 is 1.91 bits per heavy atom. The minimum absolute atomic E-state index is 0. The van der Waals surface area contributed by atoms with Gasteiger partial charge in [-0.05, 0) is 19.1 Å². The number of likely N-dealkylation sites (N-methyl/N-ethyl adjacent to an activating group) is 1. The lowest BCUT2D eigenvalue weighted by molar-refractivity contribution is -0.127. The van der Waals surface area contributed by atoms with Crippen LogP contribution in [0.3, 0.4) is 0 Å². The van der Waals surface area contributed by atoms with Crippen LogP contribution in [0.25, 0.3) is 0 Å². The highest BCUT2D eigenvalue weighted by molar-refractivity contribution is 14.0. The number of aromatic nitrogens is 1. The minimum atomic E-state index is -0.00154. The van der Waals surface area contributed by atoms with Gasteiger partial charge in [0, 0.05) is 34.7 Å². The number of rotatable bonds is 6. The van der Waals surface area contributed by atoms with E-state index in [4.69, 9.17) is 0 Å². The first-order valence-electron chi connectivity index (χ1n) is 7.29. The summed E-state index contributed by atoms with van der Waals surface area (Å²) in [6, 6.07) is 5.85. The monoisotopic (exact) mass is 434 g/mol. The van der Waals surface area contributed by atoms with Crippen molar-refractivity contribution in [2.45, 2.75) is 13.5 Å². The highest BCUT2D eigenvalue weighted by Gasteiger charge is 2.05. The lowest BCUT2D eigenvalue weighted by atomic mass is 10.3. The van der Waals surface area contributed by atoms with Crippen LogP contribution >= 0.6 is 24.0 Å². The second-order valence-corrected chi connectivity index (χ2v) is 5.22. The number of anilines is 1. The number of hydrogen-bond donors (Lipinski definition) is 2. The second kappa shape index (κ2) is 11.0. The predicted octanol–water partition coefficient (Wildman–Crippen LogP) is 0.909. The van der Waals surface area contributed by atoms with E-state index in [1.54, 1.807) is 19.0 Å². The van der Waals surface area contributed by atoms with E-state index in [1.165, 1.54) is 0 Å². The molecule has 0 aliphatic carbocycles. The summed E-state index contributed by atoms with van der Waals surface area (Å²) in [7, 11) is 7.36. The minimum Gasteiger partial charge on any atom is -0.363 e. The number of pyridine rings is 1. The van der Waals surface area contributed by atoms with E-state index in [0.29, 0.717) is 12.5 Å². The van der Waals surface area contributed by atoms with Gasteiger partial charge in [-0.25, -0.2) is 9.98 Å². The number of guanidine groups is 1. The van der Waals surface area contributed by atoms with Gasteiger partial charge in [-0.1, -0.05) is 6.07 Å². The molecule has 0 saturated heterocycles. The number of carbonyl (C=O) groups is 1. The third-order valence-electron chi connectivity index (χ3n) is 2.90. The van der Waals surface area contributed by atoms with Gasteiger partial charge in [0.25, 0.3) is 0 Å². The van der Waals surface area contributed by atoms with Crippen molar-refractivity contribution in [3.05, 3.63) is 23.9 Å². The number of hydrogen-bond acceptors (Lipinski definition) is 4. The summed E-state index contributed by atoms with van der Waals surface area (Å²) in [5, 5.41) is 6.13. The molecule has 0 spiro atoms. The Morgan fingerprint density at radius 1 is 1.22 bits per heavy atom. The van der Waals surface area contributed by atoms with Crippen LogP contribution in [0.1, 0.15) is 12.6 Å². The number of carbonyl (C=O) groups excluding carboxylic acids is 1. The van der Waals surface area contributed by atoms with E-state index in [1.807, 2.05) is 44.1 Å². The van der Waals surface area contributed by atoms with Gasteiger partial charge in [-0.15, -0.1) is 24.0 Å². The van der Waals surface area contributed by atoms with Crippen molar-refractivity contribution in [1.82, 2.24) is 20.5 Å². The third kappa shape index (κ3) is 8.00. The van der Waals surface area contributed by atoms with Gasteiger partial charge in [-0.2, -0.15) is 0 Å². The Labute approximate surface area is 155 Å². The fourth-order valence-electron chi connectivity index (χ4n) is 1.62.